The normalized spacial score (nSPS) is 13.0. The van der Waals surface area contributed by atoms with Crippen LogP contribution in [0.1, 0.15) is 19.4 Å². The third-order valence-electron chi connectivity index (χ3n) is 3.08. The molecule has 0 fully saturated rings. The molecule has 0 saturated carbocycles. The molecule has 2 N–H and O–H groups in total. The van der Waals surface area contributed by atoms with Gasteiger partial charge in [-0.2, -0.15) is 0 Å². The molecule has 0 aliphatic heterocycles. The lowest BCUT2D eigenvalue weighted by Gasteiger charge is -2.16. The van der Waals surface area contributed by atoms with Crippen molar-refractivity contribution >= 4 is 18.3 Å². The molecule has 0 bridgehead atoms. The second-order valence-electron chi connectivity index (χ2n) is 4.74. The minimum atomic E-state index is -0.481. The molecule has 1 aromatic rings. The van der Waals surface area contributed by atoms with E-state index in [-0.39, 0.29) is 24.4 Å². The molecule has 2 atom stereocenters. The summed E-state index contributed by atoms with van der Waals surface area (Å²) in [6, 6.07) is 7.85. The summed E-state index contributed by atoms with van der Waals surface area (Å²) in [6.45, 7) is 4.72. The van der Waals surface area contributed by atoms with Crippen molar-refractivity contribution in [1.82, 2.24) is 10.6 Å². The molecule has 1 amide bonds. The van der Waals surface area contributed by atoms with Crippen molar-refractivity contribution in [3.05, 3.63) is 29.8 Å². The van der Waals surface area contributed by atoms with Crippen LogP contribution in [0, 0.1) is 0 Å². The van der Waals surface area contributed by atoms with Crippen LogP contribution in [0.15, 0.2) is 24.3 Å². The van der Waals surface area contributed by atoms with Gasteiger partial charge in [0, 0.05) is 12.6 Å². The van der Waals surface area contributed by atoms with E-state index in [0.717, 1.165) is 11.3 Å². The Hall–Kier alpha value is -1.30. The number of nitrogens with one attached hydrogen (secondary N) is 2. The van der Waals surface area contributed by atoms with Crippen LogP contribution in [0.4, 0.5) is 0 Å². The molecular weight excluding hydrogens is 292 g/mol. The number of hydrogen-bond acceptors (Lipinski definition) is 4. The Morgan fingerprint density at radius 1 is 1.33 bits per heavy atom. The molecule has 2 unspecified atom stereocenters. The second kappa shape index (κ2) is 10.4. The highest BCUT2D eigenvalue weighted by Crippen LogP contribution is 2.13. The predicted molar refractivity (Wildman–Crippen MR) is 86.0 cm³/mol. The molecule has 0 aromatic heterocycles. The van der Waals surface area contributed by atoms with E-state index in [2.05, 4.69) is 10.6 Å². The summed E-state index contributed by atoms with van der Waals surface area (Å²) < 4.78 is 10.7. The number of benzene rings is 1. The Morgan fingerprint density at radius 2 is 2.05 bits per heavy atom. The Bertz CT molecular complexity index is 429. The number of carbonyl (C=O) groups excluding carboxylic acids is 1. The fourth-order valence-corrected chi connectivity index (χ4v) is 1.56. The van der Waals surface area contributed by atoms with Crippen molar-refractivity contribution in [3.8, 4) is 5.75 Å². The number of carbonyl (C=O) groups is 1. The quantitative estimate of drug-likeness (QED) is 0.767. The van der Waals surface area contributed by atoms with Crippen LogP contribution in [-0.4, -0.2) is 38.8 Å². The van der Waals surface area contributed by atoms with Crippen LogP contribution in [0.2, 0.25) is 0 Å². The lowest BCUT2D eigenvalue weighted by molar-refractivity contribution is -0.132. The van der Waals surface area contributed by atoms with Crippen molar-refractivity contribution < 1.29 is 14.3 Å². The molecule has 5 nitrogen and oxygen atoms in total. The summed E-state index contributed by atoms with van der Waals surface area (Å²) in [7, 11) is 3.48. The molecule has 0 saturated heterocycles. The Balaban J connectivity index is 0.00000400. The van der Waals surface area contributed by atoms with E-state index >= 15 is 0 Å². The van der Waals surface area contributed by atoms with Gasteiger partial charge >= 0.3 is 0 Å². The third kappa shape index (κ3) is 7.32. The van der Waals surface area contributed by atoms with Gasteiger partial charge in [-0.25, -0.2) is 0 Å². The van der Waals surface area contributed by atoms with E-state index in [4.69, 9.17) is 9.47 Å². The fourth-order valence-electron chi connectivity index (χ4n) is 1.56. The minimum Gasteiger partial charge on any atom is -0.497 e. The molecule has 21 heavy (non-hydrogen) atoms. The highest BCUT2D eigenvalue weighted by atomic mass is 35.5. The zero-order valence-electron chi connectivity index (χ0n) is 13.0. The van der Waals surface area contributed by atoms with E-state index in [9.17, 15) is 4.79 Å². The van der Waals surface area contributed by atoms with E-state index in [1.807, 2.05) is 38.2 Å². The van der Waals surface area contributed by atoms with Crippen molar-refractivity contribution in [3.63, 3.8) is 0 Å². The molecule has 0 spiro atoms. The van der Waals surface area contributed by atoms with Gasteiger partial charge in [-0.3, -0.25) is 4.79 Å². The number of ether oxygens (including phenoxy) is 2. The molecule has 1 aromatic carbocycles. The van der Waals surface area contributed by atoms with Crippen LogP contribution < -0.4 is 15.4 Å². The first-order valence-corrected chi connectivity index (χ1v) is 6.76. The first kappa shape index (κ1) is 19.7. The highest BCUT2D eigenvalue weighted by Gasteiger charge is 2.13. The van der Waals surface area contributed by atoms with Crippen molar-refractivity contribution in [1.29, 1.82) is 0 Å². The predicted octanol–water partition coefficient (Wildman–Crippen LogP) is 1.75. The zero-order chi connectivity index (χ0) is 15.0. The Kier molecular flexibility index (Phi) is 9.78. The van der Waals surface area contributed by atoms with E-state index in [1.54, 1.807) is 14.0 Å². The number of halogens is 1. The highest BCUT2D eigenvalue weighted by molar-refractivity contribution is 5.85. The monoisotopic (exact) mass is 316 g/mol. The molecule has 0 aliphatic carbocycles. The average Bonchev–Trinajstić information content (AvgIpc) is 2.49. The largest absolute Gasteiger partial charge is 0.497 e. The van der Waals surface area contributed by atoms with Crippen LogP contribution >= 0.6 is 12.4 Å². The Labute approximate surface area is 132 Å². The second-order valence-corrected chi connectivity index (χ2v) is 4.74. The number of methoxy groups -OCH3 is 1. The zero-order valence-corrected chi connectivity index (χ0v) is 13.8. The lowest BCUT2D eigenvalue weighted by Crippen LogP contribution is -2.41. The van der Waals surface area contributed by atoms with Gasteiger partial charge in [0.25, 0.3) is 0 Å². The van der Waals surface area contributed by atoms with Gasteiger partial charge in [0.1, 0.15) is 11.9 Å². The maximum Gasteiger partial charge on any atom is 0.248 e. The maximum absolute atomic E-state index is 11.8. The van der Waals surface area contributed by atoms with Gasteiger partial charge in [-0.05, 0) is 38.6 Å². The van der Waals surface area contributed by atoms with Gasteiger partial charge in [-0.1, -0.05) is 12.1 Å². The smallest absolute Gasteiger partial charge is 0.248 e. The van der Waals surface area contributed by atoms with Gasteiger partial charge in [-0.15, -0.1) is 12.4 Å². The average molecular weight is 317 g/mol. The van der Waals surface area contributed by atoms with Crippen molar-refractivity contribution in [2.24, 2.45) is 0 Å². The molecule has 0 radical (unpaired) electrons. The maximum atomic E-state index is 11.8. The molecule has 6 heteroatoms. The third-order valence-corrected chi connectivity index (χ3v) is 3.08. The molecular formula is C15H25ClN2O3. The Morgan fingerprint density at radius 3 is 2.67 bits per heavy atom. The summed E-state index contributed by atoms with van der Waals surface area (Å²) in [6.07, 6.45) is -0.481. The van der Waals surface area contributed by atoms with Crippen LogP contribution in [0.3, 0.4) is 0 Å². The molecule has 0 heterocycles. The van der Waals surface area contributed by atoms with Crippen LogP contribution in [-0.2, 0) is 16.1 Å². The number of amides is 1. The van der Waals surface area contributed by atoms with Gasteiger partial charge < -0.3 is 20.1 Å². The summed E-state index contributed by atoms with van der Waals surface area (Å²) in [5, 5.41) is 5.90. The lowest BCUT2D eigenvalue weighted by atomic mass is 10.2. The first-order valence-electron chi connectivity index (χ1n) is 6.76. The number of likely N-dealkylation sites (N-methyl/N-ethyl adjacent to an activating group) is 1. The standard InChI is InChI=1S/C15H24N2O3.ClH/c1-11(16-3)9-17-15(18)12(2)20-10-13-6-5-7-14(8-13)19-4;/h5-8,11-12,16H,9-10H2,1-4H3,(H,17,18);1H. The molecule has 1 rings (SSSR count). The van der Waals surface area contributed by atoms with Gasteiger partial charge in [0.15, 0.2) is 0 Å². The minimum absolute atomic E-state index is 0. The molecule has 120 valence electrons. The van der Waals surface area contributed by atoms with E-state index in [1.165, 1.54) is 0 Å². The SMILES string of the molecule is CNC(C)CNC(=O)C(C)OCc1cccc(OC)c1.Cl. The number of rotatable bonds is 8. The van der Waals surface area contributed by atoms with E-state index < -0.39 is 6.10 Å². The van der Waals surface area contributed by atoms with Crippen LogP contribution in [0.25, 0.3) is 0 Å². The molecule has 0 aliphatic rings. The fraction of sp³-hybridized carbons (Fsp3) is 0.533. The van der Waals surface area contributed by atoms with E-state index in [0.29, 0.717) is 13.2 Å². The summed E-state index contributed by atoms with van der Waals surface area (Å²) in [5.74, 6) is 0.682. The van der Waals surface area contributed by atoms with Crippen molar-refractivity contribution in [2.45, 2.75) is 32.6 Å². The van der Waals surface area contributed by atoms with Crippen molar-refractivity contribution in [2.75, 3.05) is 20.7 Å². The topological polar surface area (TPSA) is 59.6 Å². The summed E-state index contributed by atoms with van der Waals surface area (Å²) in [5.41, 5.74) is 0.979. The summed E-state index contributed by atoms with van der Waals surface area (Å²) >= 11 is 0. The van der Waals surface area contributed by atoms with Crippen LogP contribution in [0.5, 0.6) is 5.75 Å². The van der Waals surface area contributed by atoms with Gasteiger partial charge in [0.05, 0.1) is 13.7 Å². The van der Waals surface area contributed by atoms with Gasteiger partial charge in [0.2, 0.25) is 5.91 Å². The number of hydrogen-bond donors (Lipinski definition) is 2. The first-order chi connectivity index (χ1) is 9.56. The summed E-state index contributed by atoms with van der Waals surface area (Å²) in [4.78, 5) is 11.8.